The van der Waals surface area contributed by atoms with E-state index in [1.54, 1.807) is 4.90 Å². The van der Waals surface area contributed by atoms with Gasteiger partial charge in [0.2, 0.25) is 0 Å². The molecule has 0 amide bonds. The second kappa shape index (κ2) is 5.66. The molecule has 20 heavy (non-hydrogen) atoms. The van der Waals surface area contributed by atoms with Crippen molar-refractivity contribution in [2.24, 2.45) is 0 Å². The van der Waals surface area contributed by atoms with Gasteiger partial charge in [0.25, 0.3) is 0 Å². The van der Waals surface area contributed by atoms with Gasteiger partial charge in [-0.1, -0.05) is 0 Å². The van der Waals surface area contributed by atoms with E-state index in [1.165, 1.54) is 7.11 Å². The van der Waals surface area contributed by atoms with Gasteiger partial charge in [-0.2, -0.15) is 13.2 Å². The number of halogens is 3. The number of aliphatic hydroxyl groups excluding tert-OH is 1. The maximum absolute atomic E-state index is 12.5. The van der Waals surface area contributed by atoms with E-state index in [2.05, 4.69) is 9.72 Å². The number of hydrogen-bond acceptors (Lipinski definition) is 6. The number of methoxy groups -OCH3 is 1. The van der Waals surface area contributed by atoms with Gasteiger partial charge in [-0.05, 0) is 0 Å². The number of nitrogens with zero attached hydrogens (tertiary/aromatic N) is 2. The molecule has 0 bridgehead atoms. The third-order valence-electron chi connectivity index (χ3n) is 3.04. The number of likely N-dealkylation sites (tertiary alicyclic amines) is 1. The van der Waals surface area contributed by atoms with Crippen molar-refractivity contribution in [1.29, 1.82) is 0 Å². The number of hydrogen-bond donors (Lipinski definition) is 1. The zero-order chi connectivity index (χ0) is 14.9. The minimum atomic E-state index is -4.47. The quantitative estimate of drug-likeness (QED) is 0.852. The Bertz CT molecular complexity index is 492. The summed E-state index contributed by atoms with van der Waals surface area (Å²) in [5.74, 6) is -0.505. The number of alkyl halides is 3. The Morgan fingerprint density at radius 3 is 2.90 bits per heavy atom. The summed E-state index contributed by atoms with van der Waals surface area (Å²) in [6, 6.07) is -0.645. The molecule has 112 valence electrons. The van der Waals surface area contributed by atoms with Crippen LogP contribution >= 0.6 is 11.3 Å². The third kappa shape index (κ3) is 3.28. The van der Waals surface area contributed by atoms with Gasteiger partial charge >= 0.3 is 12.1 Å². The first-order valence-corrected chi connectivity index (χ1v) is 6.70. The molecular formula is C11H13F3N2O3S. The Labute approximate surface area is 117 Å². The summed E-state index contributed by atoms with van der Waals surface area (Å²) in [6.45, 7) is 0.290. The van der Waals surface area contributed by atoms with Crippen LogP contribution < -0.4 is 0 Å². The summed E-state index contributed by atoms with van der Waals surface area (Å²) in [7, 11) is 1.23. The van der Waals surface area contributed by atoms with E-state index in [1.807, 2.05) is 0 Å². The molecule has 0 unspecified atom stereocenters. The predicted octanol–water partition coefficient (Wildman–Crippen LogP) is 1.27. The molecule has 0 aliphatic carbocycles. The second-order valence-corrected chi connectivity index (χ2v) is 5.42. The normalized spacial score (nSPS) is 24.1. The van der Waals surface area contributed by atoms with E-state index in [9.17, 15) is 23.1 Å². The number of thiazole rings is 1. The van der Waals surface area contributed by atoms with Gasteiger partial charge in [0.15, 0.2) is 5.69 Å². The van der Waals surface area contributed by atoms with E-state index in [0.717, 1.165) is 16.7 Å². The zero-order valence-electron chi connectivity index (χ0n) is 10.6. The molecule has 1 N–H and O–H groups in total. The fourth-order valence-corrected chi connectivity index (χ4v) is 2.95. The average molecular weight is 310 g/mol. The van der Waals surface area contributed by atoms with Gasteiger partial charge in [0.05, 0.1) is 19.8 Å². The van der Waals surface area contributed by atoms with Crippen molar-refractivity contribution in [3.8, 4) is 0 Å². The molecular weight excluding hydrogens is 297 g/mol. The van der Waals surface area contributed by atoms with Crippen molar-refractivity contribution in [2.75, 3.05) is 13.7 Å². The minimum Gasteiger partial charge on any atom is -0.468 e. The number of aliphatic hydroxyl groups is 1. The standard InChI is InChI=1S/C11H13F3N2O3S/c1-19-10(18)7-2-6(17)3-16(7)4-9-15-8(5-20-9)11(12,13)14/h5-7,17H,2-4H2,1H3/t6-,7-/m0/s1. The molecule has 0 aromatic carbocycles. The van der Waals surface area contributed by atoms with Crippen molar-refractivity contribution < 1.29 is 27.8 Å². The van der Waals surface area contributed by atoms with Gasteiger partial charge in [-0.3, -0.25) is 9.69 Å². The lowest BCUT2D eigenvalue weighted by Crippen LogP contribution is -2.36. The lowest BCUT2D eigenvalue weighted by atomic mass is 10.2. The summed E-state index contributed by atoms with van der Waals surface area (Å²) in [5, 5.41) is 10.8. The average Bonchev–Trinajstić information content (AvgIpc) is 2.95. The Morgan fingerprint density at radius 2 is 2.35 bits per heavy atom. The van der Waals surface area contributed by atoms with Crippen LogP contribution in [0.15, 0.2) is 5.38 Å². The van der Waals surface area contributed by atoms with Crippen LogP contribution in [0.25, 0.3) is 0 Å². The van der Waals surface area contributed by atoms with Crippen molar-refractivity contribution in [3.05, 3.63) is 16.1 Å². The van der Waals surface area contributed by atoms with E-state index >= 15 is 0 Å². The monoisotopic (exact) mass is 310 g/mol. The highest BCUT2D eigenvalue weighted by Gasteiger charge is 2.38. The zero-order valence-corrected chi connectivity index (χ0v) is 11.4. The highest BCUT2D eigenvalue weighted by Crippen LogP contribution is 2.31. The van der Waals surface area contributed by atoms with Crippen molar-refractivity contribution in [1.82, 2.24) is 9.88 Å². The molecule has 1 fully saturated rings. The SMILES string of the molecule is COC(=O)[C@@H]1C[C@H](O)CN1Cc1nc(C(F)(F)F)cs1. The molecule has 1 aromatic rings. The molecule has 2 heterocycles. The summed E-state index contributed by atoms with van der Waals surface area (Å²) in [5.41, 5.74) is -0.938. The largest absolute Gasteiger partial charge is 0.468 e. The van der Waals surface area contributed by atoms with Crippen LogP contribution in [-0.4, -0.2) is 46.8 Å². The highest BCUT2D eigenvalue weighted by atomic mass is 32.1. The first-order valence-electron chi connectivity index (χ1n) is 5.82. The molecule has 2 rings (SSSR count). The highest BCUT2D eigenvalue weighted by molar-refractivity contribution is 7.09. The van der Waals surface area contributed by atoms with Gasteiger partial charge in [-0.25, -0.2) is 4.98 Å². The maximum atomic E-state index is 12.5. The maximum Gasteiger partial charge on any atom is 0.434 e. The van der Waals surface area contributed by atoms with Crippen LogP contribution in [0.2, 0.25) is 0 Å². The number of aromatic nitrogens is 1. The van der Waals surface area contributed by atoms with Crippen molar-refractivity contribution in [2.45, 2.75) is 31.3 Å². The summed E-state index contributed by atoms with van der Waals surface area (Å²) >= 11 is 0.879. The molecule has 0 spiro atoms. The summed E-state index contributed by atoms with van der Waals surface area (Å²) < 4.78 is 42.0. The Morgan fingerprint density at radius 1 is 1.65 bits per heavy atom. The lowest BCUT2D eigenvalue weighted by Gasteiger charge is -2.20. The number of rotatable bonds is 3. The van der Waals surface area contributed by atoms with Crippen molar-refractivity contribution >= 4 is 17.3 Å². The number of β-amino-alcohol motifs (C(OH)–C–C–N with tert-alkyl or cyclic N) is 1. The molecule has 5 nitrogen and oxygen atoms in total. The number of ether oxygens (including phenoxy) is 1. The number of carbonyl (C=O) groups excluding carboxylic acids is 1. The molecule has 1 aromatic heterocycles. The van der Waals surface area contributed by atoms with E-state index in [4.69, 9.17) is 0 Å². The van der Waals surface area contributed by atoms with Crippen LogP contribution in [-0.2, 0) is 22.3 Å². The number of esters is 1. The molecule has 2 atom stereocenters. The van der Waals surface area contributed by atoms with E-state index in [-0.39, 0.29) is 24.5 Å². The topological polar surface area (TPSA) is 62.7 Å². The van der Waals surface area contributed by atoms with Gasteiger partial charge in [0, 0.05) is 18.3 Å². The first kappa shape index (κ1) is 15.2. The summed E-state index contributed by atoms with van der Waals surface area (Å²) in [6.07, 6.45) is -4.95. The van der Waals surface area contributed by atoms with Gasteiger partial charge < -0.3 is 9.84 Å². The van der Waals surface area contributed by atoms with Gasteiger partial charge in [-0.15, -0.1) is 11.3 Å². The van der Waals surface area contributed by atoms with Crippen molar-refractivity contribution in [3.63, 3.8) is 0 Å². The first-order chi connectivity index (χ1) is 9.31. The Balaban J connectivity index is 2.08. The van der Waals surface area contributed by atoms with Crippen LogP contribution in [0, 0.1) is 0 Å². The summed E-state index contributed by atoms with van der Waals surface area (Å²) in [4.78, 5) is 16.6. The minimum absolute atomic E-state index is 0.0809. The van der Waals surface area contributed by atoms with E-state index < -0.39 is 30.0 Å². The third-order valence-corrected chi connectivity index (χ3v) is 3.87. The number of carbonyl (C=O) groups is 1. The Hall–Kier alpha value is -1.19. The molecule has 1 saturated heterocycles. The molecule has 1 aliphatic rings. The molecule has 1 aliphatic heterocycles. The predicted molar refractivity (Wildman–Crippen MR) is 64.0 cm³/mol. The smallest absolute Gasteiger partial charge is 0.434 e. The molecule has 9 heteroatoms. The van der Waals surface area contributed by atoms with E-state index in [0.29, 0.717) is 0 Å². The van der Waals surface area contributed by atoms with Crippen LogP contribution in [0.3, 0.4) is 0 Å². The lowest BCUT2D eigenvalue weighted by molar-refractivity contribution is -0.146. The fraction of sp³-hybridized carbons (Fsp3) is 0.636. The molecule has 0 radical (unpaired) electrons. The van der Waals surface area contributed by atoms with Crippen LogP contribution in [0.1, 0.15) is 17.1 Å². The fourth-order valence-electron chi connectivity index (χ4n) is 2.12. The second-order valence-electron chi connectivity index (χ2n) is 4.48. The Kier molecular flexibility index (Phi) is 4.31. The van der Waals surface area contributed by atoms with Crippen LogP contribution in [0.4, 0.5) is 13.2 Å². The van der Waals surface area contributed by atoms with Crippen LogP contribution in [0.5, 0.6) is 0 Å². The van der Waals surface area contributed by atoms with Gasteiger partial charge in [0.1, 0.15) is 11.0 Å². The molecule has 0 saturated carbocycles.